The van der Waals surface area contributed by atoms with Crippen LogP contribution in [0.5, 0.6) is 0 Å². The van der Waals surface area contributed by atoms with Crippen LogP contribution in [0.15, 0.2) is 84.9 Å². The average Bonchev–Trinajstić information content (AvgIpc) is 2.73. The minimum Gasteiger partial charge on any atom is -0.302 e. The van der Waals surface area contributed by atoms with Crippen LogP contribution >= 0.6 is 0 Å². The zero-order chi connectivity index (χ0) is 20.7. The second-order valence-electron chi connectivity index (χ2n) is 6.98. The molecule has 0 radical (unpaired) electrons. The lowest BCUT2D eigenvalue weighted by molar-refractivity contribution is -0.137. The van der Waals surface area contributed by atoms with E-state index < -0.39 is 17.8 Å². The highest BCUT2D eigenvalue weighted by Gasteiger charge is 2.30. The van der Waals surface area contributed by atoms with Crippen molar-refractivity contribution in [3.63, 3.8) is 0 Å². The number of rotatable bonds is 8. The van der Waals surface area contributed by atoms with Crippen molar-refractivity contribution in [1.82, 2.24) is 4.90 Å². The van der Waals surface area contributed by atoms with E-state index in [0.29, 0.717) is 25.1 Å². The number of benzene rings is 3. The van der Waals surface area contributed by atoms with E-state index in [4.69, 9.17) is 0 Å². The maximum atomic E-state index is 12.8. The third kappa shape index (κ3) is 6.03. The van der Waals surface area contributed by atoms with E-state index in [-0.39, 0.29) is 0 Å². The molecule has 0 aromatic heterocycles. The van der Waals surface area contributed by atoms with E-state index in [9.17, 15) is 18.0 Å². The second kappa shape index (κ2) is 9.52. The number of aldehydes is 1. The predicted octanol–water partition coefficient (Wildman–Crippen LogP) is 5.52. The van der Waals surface area contributed by atoms with Gasteiger partial charge in [-0.2, -0.15) is 13.2 Å². The molecule has 0 bridgehead atoms. The molecule has 0 amide bonds. The standard InChI is InChI=1S/C24H22F3NO/c25-24(26,27)22-13-11-19(12-14-22)15-23(18-29)28(16-20-7-3-1-4-8-20)17-21-9-5-2-6-10-21/h1-14,18,23H,15-17H2. The maximum absolute atomic E-state index is 12.8. The van der Waals surface area contributed by atoms with Gasteiger partial charge < -0.3 is 4.79 Å². The molecule has 1 atom stereocenters. The Labute approximate surface area is 168 Å². The summed E-state index contributed by atoms with van der Waals surface area (Å²) in [6.45, 7) is 1.14. The van der Waals surface area contributed by atoms with Crippen molar-refractivity contribution in [3.8, 4) is 0 Å². The Balaban J connectivity index is 1.80. The van der Waals surface area contributed by atoms with Crippen LogP contribution in [0.4, 0.5) is 13.2 Å². The first-order chi connectivity index (χ1) is 14.0. The van der Waals surface area contributed by atoms with Crippen LogP contribution in [0.3, 0.4) is 0 Å². The van der Waals surface area contributed by atoms with Gasteiger partial charge >= 0.3 is 6.18 Å². The van der Waals surface area contributed by atoms with Crippen LogP contribution in [0.2, 0.25) is 0 Å². The van der Waals surface area contributed by atoms with Gasteiger partial charge in [0.25, 0.3) is 0 Å². The van der Waals surface area contributed by atoms with Crippen LogP contribution in [0, 0.1) is 0 Å². The van der Waals surface area contributed by atoms with Crippen molar-refractivity contribution in [1.29, 1.82) is 0 Å². The van der Waals surface area contributed by atoms with Crippen LogP contribution in [-0.2, 0) is 30.5 Å². The molecular formula is C24H22F3NO. The summed E-state index contributed by atoms with van der Waals surface area (Å²) < 4.78 is 38.4. The lowest BCUT2D eigenvalue weighted by atomic mass is 10.0. The average molecular weight is 397 g/mol. The molecule has 0 saturated heterocycles. The van der Waals surface area contributed by atoms with E-state index in [1.54, 1.807) is 0 Å². The molecule has 0 aliphatic rings. The van der Waals surface area contributed by atoms with Crippen LogP contribution in [0.1, 0.15) is 22.3 Å². The van der Waals surface area contributed by atoms with Gasteiger partial charge in [-0.15, -0.1) is 0 Å². The van der Waals surface area contributed by atoms with Crippen molar-refractivity contribution in [3.05, 3.63) is 107 Å². The molecule has 0 saturated carbocycles. The summed E-state index contributed by atoms with van der Waals surface area (Å²) in [5.41, 5.74) is 2.15. The summed E-state index contributed by atoms with van der Waals surface area (Å²) in [6, 6.07) is 24.2. The SMILES string of the molecule is O=CC(Cc1ccc(C(F)(F)F)cc1)N(Cc1ccccc1)Cc1ccccc1. The molecule has 0 aliphatic carbocycles. The van der Waals surface area contributed by atoms with Gasteiger partial charge in [-0.05, 0) is 35.2 Å². The monoisotopic (exact) mass is 397 g/mol. The molecule has 150 valence electrons. The highest BCUT2D eigenvalue weighted by molar-refractivity contribution is 5.58. The first-order valence-corrected chi connectivity index (χ1v) is 9.39. The van der Waals surface area contributed by atoms with Gasteiger partial charge in [-0.25, -0.2) is 0 Å². The molecule has 3 rings (SSSR count). The number of nitrogens with zero attached hydrogens (tertiary/aromatic N) is 1. The van der Waals surface area contributed by atoms with Gasteiger partial charge in [-0.1, -0.05) is 72.8 Å². The minimum atomic E-state index is -4.37. The van der Waals surface area contributed by atoms with E-state index in [1.807, 2.05) is 60.7 Å². The van der Waals surface area contributed by atoms with Crippen LogP contribution in [-0.4, -0.2) is 17.2 Å². The first kappa shape index (κ1) is 20.8. The van der Waals surface area contributed by atoms with Gasteiger partial charge in [0.1, 0.15) is 6.29 Å². The summed E-state index contributed by atoms with van der Waals surface area (Å²) in [4.78, 5) is 14.0. The number of alkyl halides is 3. The zero-order valence-corrected chi connectivity index (χ0v) is 15.8. The molecule has 2 nitrogen and oxygen atoms in total. The molecule has 5 heteroatoms. The summed E-state index contributed by atoms with van der Waals surface area (Å²) in [5, 5.41) is 0. The molecule has 0 aliphatic heterocycles. The van der Waals surface area contributed by atoms with E-state index in [0.717, 1.165) is 29.5 Å². The summed E-state index contributed by atoms with van der Waals surface area (Å²) in [5.74, 6) is 0. The molecule has 3 aromatic carbocycles. The largest absolute Gasteiger partial charge is 0.416 e. The molecule has 1 unspecified atom stereocenters. The Kier molecular flexibility index (Phi) is 6.83. The van der Waals surface area contributed by atoms with Crippen molar-refractivity contribution >= 4 is 6.29 Å². The predicted molar refractivity (Wildman–Crippen MR) is 107 cm³/mol. The smallest absolute Gasteiger partial charge is 0.302 e. The van der Waals surface area contributed by atoms with Crippen molar-refractivity contribution < 1.29 is 18.0 Å². The van der Waals surface area contributed by atoms with Gasteiger partial charge in [0, 0.05) is 13.1 Å². The Morgan fingerprint density at radius 1 is 0.724 bits per heavy atom. The number of carbonyl (C=O) groups is 1. The second-order valence-corrected chi connectivity index (χ2v) is 6.98. The summed E-state index contributed by atoms with van der Waals surface area (Å²) in [7, 11) is 0. The topological polar surface area (TPSA) is 20.3 Å². The van der Waals surface area contributed by atoms with Crippen molar-refractivity contribution in [2.24, 2.45) is 0 Å². The van der Waals surface area contributed by atoms with E-state index in [1.165, 1.54) is 12.1 Å². The lowest BCUT2D eigenvalue weighted by Crippen LogP contribution is -2.37. The highest BCUT2D eigenvalue weighted by Crippen LogP contribution is 2.29. The fourth-order valence-corrected chi connectivity index (χ4v) is 3.26. The third-order valence-electron chi connectivity index (χ3n) is 4.81. The summed E-state index contributed by atoms with van der Waals surface area (Å²) in [6.07, 6.45) is -3.14. The third-order valence-corrected chi connectivity index (χ3v) is 4.81. The van der Waals surface area contributed by atoms with E-state index in [2.05, 4.69) is 4.90 Å². The quantitative estimate of drug-likeness (QED) is 0.467. The maximum Gasteiger partial charge on any atom is 0.416 e. The Hall–Kier alpha value is -2.92. The molecule has 3 aromatic rings. The zero-order valence-electron chi connectivity index (χ0n) is 15.8. The number of carbonyl (C=O) groups excluding carboxylic acids is 1. The van der Waals surface area contributed by atoms with Gasteiger partial charge in [0.05, 0.1) is 11.6 Å². The minimum absolute atomic E-state index is 0.349. The lowest BCUT2D eigenvalue weighted by Gasteiger charge is -2.28. The van der Waals surface area contributed by atoms with Gasteiger partial charge in [0.2, 0.25) is 0 Å². The van der Waals surface area contributed by atoms with Crippen molar-refractivity contribution in [2.45, 2.75) is 31.7 Å². The molecule has 0 fully saturated rings. The number of hydrogen-bond acceptors (Lipinski definition) is 2. The molecular weight excluding hydrogens is 375 g/mol. The Bertz CT molecular complexity index is 851. The molecule has 0 spiro atoms. The Morgan fingerprint density at radius 3 is 1.62 bits per heavy atom. The van der Waals surface area contributed by atoms with Gasteiger partial charge in [-0.3, -0.25) is 4.90 Å². The number of hydrogen-bond donors (Lipinski definition) is 0. The highest BCUT2D eigenvalue weighted by atomic mass is 19.4. The van der Waals surface area contributed by atoms with Crippen LogP contribution < -0.4 is 0 Å². The van der Waals surface area contributed by atoms with E-state index >= 15 is 0 Å². The summed E-state index contributed by atoms with van der Waals surface area (Å²) >= 11 is 0. The van der Waals surface area contributed by atoms with Gasteiger partial charge in [0.15, 0.2) is 0 Å². The Morgan fingerprint density at radius 2 is 1.21 bits per heavy atom. The normalized spacial score (nSPS) is 12.7. The molecule has 0 heterocycles. The molecule has 29 heavy (non-hydrogen) atoms. The number of halogens is 3. The molecule has 0 N–H and O–H groups in total. The fourth-order valence-electron chi connectivity index (χ4n) is 3.26. The van der Waals surface area contributed by atoms with Crippen LogP contribution in [0.25, 0.3) is 0 Å². The van der Waals surface area contributed by atoms with Crippen molar-refractivity contribution in [2.75, 3.05) is 0 Å². The fraction of sp³-hybridized carbons (Fsp3) is 0.208. The first-order valence-electron chi connectivity index (χ1n) is 9.39.